The Labute approximate surface area is 149 Å². The van der Waals surface area contributed by atoms with Crippen molar-refractivity contribution < 1.29 is 5.11 Å². The Morgan fingerprint density at radius 1 is 1.12 bits per heavy atom. The normalized spacial score (nSPS) is 29.5. The van der Waals surface area contributed by atoms with Crippen LogP contribution in [-0.2, 0) is 18.6 Å². The average Bonchev–Trinajstić information content (AvgIpc) is 2.64. The van der Waals surface area contributed by atoms with Gasteiger partial charge < -0.3 is 5.11 Å². The van der Waals surface area contributed by atoms with Gasteiger partial charge in [0.1, 0.15) is 11.4 Å². The minimum absolute atomic E-state index is 0.241. The predicted octanol–water partition coefficient (Wildman–Crippen LogP) is 2.55. The maximum Gasteiger partial charge on any atom is 0.127 e. The molecule has 0 aromatic carbocycles. The Kier molecular flexibility index (Phi) is 4.52. The van der Waals surface area contributed by atoms with E-state index in [0.717, 1.165) is 56.0 Å². The number of aryl methyl sites for hydroxylation is 1. The molecule has 1 saturated carbocycles. The van der Waals surface area contributed by atoms with E-state index < -0.39 is 5.60 Å². The van der Waals surface area contributed by atoms with Crippen LogP contribution < -0.4 is 0 Å². The fourth-order valence-electron chi connectivity index (χ4n) is 4.59. The summed E-state index contributed by atoms with van der Waals surface area (Å²) in [5.74, 6) is 1.38. The number of pyridine rings is 1. The first-order chi connectivity index (χ1) is 12.2. The van der Waals surface area contributed by atoms with Crippen LogP contribution in [0.15, 0.2) is 36.8 Å². The Hall–Kier alpha value is -1.85. The van der Waals surface area contributed by atoms with E-state index in [1.807, 2.05) is 30.6 Å². The summed E-state index contributed by atoms with van der Waals surface area (Å²) >= 11 is 0. The first kappa shape index (κ1) is 16.6. The van der Waals surface area contributed by atoms with Crippen molar-refractivity contribution in [3.05, 3.63) is 53.9 Å². The van der Waals surface area contributed by atoms with Gasteiger partial charge in [0.25, 0.3) is 0 Å². The molecule has 4 rings (SSSR count). The summed E-state index contributed by atoms with van der Waals surface area (Å²) in [7, 11) is 0. The highest BCUT2D eigenvalue weighted by molar-refractivity contribution is 5.20. The summed E-state index contributed by atoms with van der Waals surface area (Å²) < 4.78 is 0. The van der Waals surface area contributed by atoms with E-state index in [9.17, 15) is 5.11 Å². The number of aliphatic hydroxyl groups is 1. The van der Waals surface area contributed by atoms with Gasteiger partial charge in [0.15, 0.2) is 0 Å². The van der Waals surface area contributed by atoms with Gasteiger partial charge in [0.05, 0.1) is 5.69 Å². The smallest absolute Gasteiger partial charge is 0.127 e. The molecule has 5 nitrogen and oxygen atoms in total. The molecule has 0 spiro atoms. The van der Waals surface area contributed by atoms with Crippen LogP contribution >= 0.6 is 0 Å². The lowest BCUT2D eigenvalue weighted by atomic mass is 9.64. The standard InChI is InChI=1S/C20H26N4O/c1-2-19-22-10-15(11-23-19)12-24-13-16-6-5-7-17(14-24)20(16,25)18-8-3-4-9-21-18/h3-4,8-11,16-17,25H,2,5-7,12-14H2,1H3/t16-,17+,20?. The van der Waals surface area contributed by atoms with Crippen LogP contribution in [-0.4, -0.2) is 38.0 Å². The van der Waals surface area contributed by atoms with Gasteiger partial charge in [-0.15, -0.1) is 0 Å². The molecular weight excluding hydrogens is 312 g/mol. The fraction of sp³-hybridized carbons (Fsp3) is 0.550. The molecule has 132 valence electrons. The molecule has 0 radical (unpaired) electrons. The lowest BCUT2D eigenvalue weighted by Gasteiger charge is -2.52. The molecule has 1 unspecified atom stereocenters. The lowest BCUT2D eigenvalue weighted by molar-refractivity contribution is -0.151. The quantitative estimate of drug-likeness (QED) is 0.928. The molecule has 1 saturated heterocycles. The van der Waals surface area contributed by atoms with Crippen LogP contribution in [0.5, 0.6) is 0 Å². The van der Waals surface area contributed by atoms with Crippen LogP contribution in [0.1, 0.15) is 43.3 Å². The summed E-state index contributed by atoms with van der Waals surface area (Å²) in [6, 6.07) is 5.88. The zero-order valence-corrected chi connectivity index (χ0v) is 14.8. The number of rotatable bonds is 4. The van der Waals surface area contributed by atoms with E-state index in [-0.39, 0.29) is 11.8 Å². The number of nitrogens with zero attached hydrogens (tertiary/aromatic N) is 4. The van der Waals surface area contributed by atoms with Crippen LogP contribution in [0.3, 0.4) is 0 Å². The summed E-state index contributed by atoms with van der Waals surface area (Å²) in [5.41, 5.74) is 1.22. The van der Waals surface area contributed by atoms with Gasteiger partial charge in [-0.25, -0.2) is 9.97 Å². The number of hydrogen-bond acceptors (Lipinski definition) is 5. The van der Waals surface area contributed by atoms with Crippen molar-refractivity contribution in [1.82, 2.24) is 19.9 Å². The van der Waals surface area contributed by atoms with Gasteiger partial charge in [0.2, 0.25) is 0 Å². The largest absolute Gasteiger partial charge is 0.383 e. The molecule has 5 heteroatoms. The number of fused-ring (bicyclic) bond motifs is 2. The SMILES string of the molecule is CCc1ncc(CN2C[C@H]3CCC[C@@H](C2)C3(O)c2ccccn2)cn1. The zero-order chi connectivity index (χ0) is 17.3. The van der Waals surface area contributed by atoms with Crippen molar-refractivity contribution in [1.29, 1.82) is 0 Å². The van der Waals surface area contributed by atoms with Gasteiger partial charge in [-0.05, 0) is 25.0 Å². The molecule has 1 aliphatic carbocycles. The minimum atomic E-state index is -0.779. The predicted molar refractivity (Wildman–Crippen MR) is 95.7 cm³/mol. The molecule has 2 fully saturated rings. The second kappa shape index (κ2) is 6.81. The molecule has 3 heterocycles. The summed E-state index contributed by atoms with van der Waals surface area (Å²) in [4.78, 5) is 15.8. The topological polar surface area (TPSA) is 62.1 Å². The minimum Gasteiger partial charge on any atom is -0.383 e. The van der Waals surface area contributed by atoms with Gasteiger partial charge in [-0.3, -0.25) is 9.88 Å². The Morgan fingerprint density at radius 3 is 2.44 bits per heavy atom. The highest BCUT2D eigenvalue weighted by Gasteiger charge is 2.52. The molecule has 2 aliphatic rings. The maximum atomic E-state index is 11.6. The van der Waals surface area contributed by atoms with Crippen molar-refractivity contribution in [3.63, 3.8) is 0 Å². The number of hydrogen-bond donors (Lipinski definition) is 1. The van der Waals surface area contributed by atoms with Crippen LogP contribution in [0.25, 0.3) is 0 Å². The van der Waals surface area contributed by atoms with Crippen molar-refractivity contribution in [2.75, 3.05) is 13.1 Å². The second-order valence-electron chi connectivity index (χ2n) is 7.42. The number of aromatic nitrogens is 3. The van der Waals surface area contributed by atoms with Gasteiger partial charge >= 0.3 is 0 Å². The molecule has 2 bridgehead atoms. The van der Waals surface area contributed by atoms with E-state index in [4.69, 9.17) is 0 Å². The molecule has 2 aromatic rings. The third-order valence-corrected chi connectivity index (χ3v) is 5.86. The number of likely N-dealkylation sites (tertiary alicyclic amines) is 1. The van der Waals surface area contributed by atoms with E-state index in [1.165, 1.54) is 6.42 Å². The van der Waals surface area contributed by atoms with Crippen LogP contribution in [0.2, 0.25) is 0 Å². The maximum absolute atomic E-state index is 11.6. The molecule has 3 atom stereocenters. The Balaban J connectivity index is 1.53. The van der Waals surface area contributed by atoms with E-state index >= 15 is 0 Å². The summed E-state index contributed by atoms with van der Waals surface area (Å²) in [6.07, 6.45) is 9.87. The van der Waals surface area contributed by atoms with Gasteiger partial charge in [0, 0.05) is 62.0 Å². The molecule has 2 aromatic heterocycles. The highest BCUT2D eigenvalue weighted by Crippen LogP contribution is 2.48. The summed E-state index contributed by atoms with van der Waals surface area (Å²) in [5, 5.41) is 11.6. The van der Waals surface area contributed by atoms with E-state index in [1.54, 1.807) is 6.20 Å². The number of piperidine rings is 1. The monoisotopic (exact) mass is 338 g/mol. The van der Waals surface area contributed by atoms with E-state index in [0.29, 0.717) is 0 Å². The molecule has 0 amide bonds. The second-order valence-corrected chi connectivity index (χ2v) is 7.42. The molecule has 1 N–H and O–H groups in total. The van der Waals surface area contributed by atoms with Crippen LogP contribution in [0.4, 0.5) is 0 Å². The van der Waals surface area contributed by atoms with Crippen LogP contribution in [0, 0.1) is 11.8 Å². The third kappa shape index (κ3) is 3.07. The fourth-order valence-corrected chi connectivity index (χ4v) is 4.59. The van der Waals surface area contributed by atoms with E-state index in [2.05, 4.69) is 26.8 Å². The average molecular weight is 338 g/mol. The van der Waals surface area contributed by atoms with Crippen molar-refractivity contribution in [3.8, 4) is 0 Å². The van der Waals surface area contributed by atoms with Crippen molar-refractivity contribution >= 4 is 0 Å². The van der Waals surface area contributed by atoms with Gasteiger partial charge in [-0.2, -0.15) is 0 Å². The summed E-state index contributed by atoms with van der Waals surface area (Å²) in [6.45, 7) is 4.73. The molecular formula is C20H26N4O. The Bertz CT molecular complexity index is 689. The van der Waals surface area contributed by atoms with Gasteiger partial charge in [-0.1, -0.05) is 19.4 Å². The first-order valence-corrected chi connectivity index (χ1v) is 9.36. The van der Waals surface area contributed by atoms with Crippen molar-refractivity contribution in [2.45, 2.75) is 44.8 Å². The molecule has 1 aliphatic heterocycles. The Morgan fingerprint density at radius 2 is 1.84 bits per heavy atom. The van der Waals surface area contributed by atoms with Crippen molar-refractivity contribution in [2.24, 2.45) is 11.8 Å². The lowest BCUT2D eigenvalue weighted by Crippen LogP contribution is -2.58. The third-order valence-electron chi connectivity index (χ3n) is 5.86. The zero-order valence-electron chi connectivity index (χ0n) is 14.8. The molecule has 25 heavy (non-hydrogen) atoms. The first-order valence-electron chi connectivity index (χ1n) is 9.36. The highest BCUT2D eigenvalue weighted by atomic mass is 16.3.